The first-order chi connectivity index (χ1) is 13.5. The minimum Gasteiger partial charge on any atom is -0.304 e. The van der Waals surface area contributed by atoms with Crippen molar-refractivity contribution in [2.24, 2.45) is 5.10 Å². The minimum atomic E-state index is 0.377. The highest BCUT2D eigenvalue weighted by Crippen LogP contribution is 2.43. The van der Waals surface area contributed by atoms with Crippen molar-refractivity contribution < 1.29 is 0 Å². The van der Waals surface area contributed by atoms with Crippen LogP contribution in [0, 0.1) is 13.8 Å². The van der Waals surface area contributed by atoms with Gasteiger partial charge < -0.3 is 4.90 Å². The first-order valence-corrected chi connectivity index (χ1v) is 9.98. The lowest BCUT2D eigenvalue weighted by atomic mass is 9.88. The van der Waals surface area contributed by atoms with Crippen LogP contribution in [0.25, 0.3) is 22.3 Å². The van der Waals surface area contributed by atoms with Crippen molar-refractivity contribution in [2.45, 2.75) is 33.7 Å². The van der Waals surface area contributed by atoms with E-state index < -0.39 is 0 Å². The van der Waals surface area contributed by atoms with E-state index >= 15 is 0 Å². The van der Waals surface area contributed by atoms with Gasteiger partial charge in [-0.15, -0.1) is 0 Å². The van der Waals surface area contributed by atoms with E-state index in [9.17, 15) is 0 Å². The van der Waals surface area contributed by atoms with Gasteiger partial charge in [0.05, 0.1) is 5.69 Å². The van der Waals surface area contributed by atoms with Crippen molar-refractivity contribution in [2.75, 3.05) is 11.6 Å². The Morgan fingerprint density at radius 2 is 1.54 bits per heavy atom. The highest BCUT2D eigenvalue weighted by atomic mass is 15.6. The van der Waals surface area contributed by atoms with Crippen LogP contribution in [0.1, 0.15) is 30.5 Å². The Kier molecular flexibility index (Phi) is 3.80. The number of amidine groups is 1. The van der Waals surface area contributed by atoms with Crippen LogP contribution in [0.4, 0.5) is 5.69 Å². The third-order valence-corrected chi connectivity index (χ3v) is 5.88. The van der Waals surface area contributed by atoms with E-state index in [4.69, 9.17) is 5.10 Å². The maximum atomic E-state index is 4.93. The first kappa shape index (κ1) is 17.1. The van der Waals surface area contributed by atoms with Gasteiger partial charge >= 0.3 is 0 Å². The van der Waals surface area contributed by atoms with E-state index in [0.717, 1.165) is 12.5 Å². The summed E-state index contributed by atoms with van der Waals surface area (Å²) in [5, 5.41) is 7.10. The molecule has 2 aliphatic heterocycles. The Morgan fingerprint density at radius 3 is 2.25 bits per heavy atom. The Bertz CT molecular complexity index is 1090. The third kappa shape index (κ3) is 2.46. The fourth-order valence-electron chi connectivity index (χ4n) is 4.41. The van der Waals surface area contributed by atoms with Gasteiger partial charge in [0.2, 0.25) is 0 Å². The average molecular weight is 367 g/mol. The molecular weight excluding hydrogens is 342 g/mol. The molecule has 3 aromatic rings. The van der Waals surface area contributed by atoms with Crippen LogP contribution < -0.4 is 4.90 Å². The summed E-state index contributed by atoms with van der Waals surface area (Å²) in [5.41, 5.74) is 10.3. The molecule has 0 radical (unpaired) electrons. The predicted octanol–water partition coefficient (Wildman–Crippen LogP) is 5.80. The Hall–Kier alpha value is -3.07. The molecule has 0 aliphatic carbocycles. The molecule has 0 atom stereocenters. The summed E-state index contributed by atoms with van der Waals surface area (Å²) < 4.78 is 0. The van der Waals surface area contributed by atoms with E-state index in [2.05, 4.69) is 98.3 Å². The van der Waals surface area contributed by atoms with Gasteiger partial charge in [0.1, 0.15) is 6.67 Å². The molecule has 140 valence electrons. The van der Waals surface area contributed by atoms with Crippen molar-refractivity contribution in [1.29, 1.82) is 0 Å². The predicted molar refractivity (Wildman–Crippen MR) is 118 cm³/mol. The topological polar surface area (TPSA) is 18.8 Å². The van der Waals surface area contributed by atoms with Crippen molar-refractivity contribution in [3.8, 4) is 22.3 Å². The number of hydrogen-bond acceptors (Lipinski definition) is 3. The number of aryl methyl sites for hydroxylation is 2. The summed E-state index contributed by atoms with van der Waals surface area (Å²) in [6.07, 6.45) is 0. The zero-order valence-electron chi connectivity index (χ0n) is 16.9. The standard InChI is InChI=1S/C25H25N3/c1-16(2)28-15-27-23-13-12-19(24-17(3)8-7-9-18(24)4)14-22(23)20-10-5-6-11-21(20)25(27)26-28/h5-14,16H,15H2,1-4H3. The highest BCUT2D eigenvalue weighted by molar-refractivity contribution is 6.19. The van der Waals surface area contributed by atoms with Crippen LogP contribution >= 0.6 is 0 Å². The van der Waals surface area contributed by atoms with Crippen molar-refractivity contribution >= 4 is 11.5 Å². The number of fused-ring (bicyclic) bond motifs is 6. The van der Waals surface area contributed by atoms with Gasteiger partial charge in [0.15, 0.2) is 5.84 Å². The third-order valence-electron chi connectivity index (χ3n) is 5.88. The van der Waals surface area contributed by atoms with E-state index in [-0.39, 0.29) is 0 Å². The summed E-state index contributed by atoms with van der Waals surface area (Å²) >= 11 is 0. The molecule has 0 saturated carbocycles. The maximum Gasteiger partial charge on any atom is 0.162 e. The molecule has 3 nitrogen and oxygen atoms in total. The van der Waals surface area contributed by atoms with Crippen LogP contribution in [0.2, 0.25) is 0 Å². The van der Waals surface area contributed by atoms with Crippen LogP contribution in [0.5, 0.6) is 0 Å². The second kappa shape index (κ2) is 6.23. The second-order valence-electron chi connectivity index (χ2n) is 8.07. The van der Waals surface area contributed by atoms with E-state index in [1.807, 2.05) is 0 Å². The average Bonchev–Trinajstić information content (AvgIpc) is 3.14. The Labute approximate surface area is 166 Å². The quantitative estimate of drug-likeness (QED) is 0.570. The molecule has 5 rings (SSSR count). The minimum absolute atomic E-state index is 0.377. The number of hydrazone groups is 1. The van der Waals surface area contributed by atoms with Gasteiger partial charge in [-0.25, -0.2) is 0 Å². The Morgan fingerprint density at radius 1 is 0.821 bits per heavy atom. The van der Waals surface area contributed by atoms with Crippen LogP contribution in [0.3, 0.4) is 0 Å². The van der Waals surface area contributed by atoms with Gasteiger partial charge in [-0.3, -0.25) is 5.01 Å². The lowest BCUT2D eigenvalue weighted by molar-refractivity contribution is 0.258. The van der Waals surface area contributed by atoms with Crippen molar-refractivity contribution in [1.82, 2.24) is 5.01 Å². The molecule has 2 aliphatic rings. The fourth-order valence-corrected chi connectivity index (χ4v) is 4.41. The fraction of sp³-hybridized carbons (Fsp3) is 0.240. The number of nitrogens with zero attached hydrogens (tertiary/aromatic N) is 3. The monoisotopic (exact) mass is 367 g/mol. The molecule has 28 heavy (non-hydrogen) atoms. The molecule has 0 unspecified atom stereocenters. The highest BCUT2D eigenvalue weighted by Gasteiger charge is 2.34. The Balaban J connectivity index is 1.72. The number of benzene rings is 3. The molecule has 0 saturated heterocycles. The van der Waals surface area contributed by atoms with Crippen LogP contribution in [0.15, 0.2) is 65.8 Å². The summed E-state index contributed by atoms with van der Waals surface area (Å²) in [7, 11) is 0. The molecule has 0 N–H and O–H groups in total. The zero-order valence-corrected chi connectivity index (χ0v) is 16.9. The summed E-state index contributed by atoms with van der Waals surface area (Å²) in [6.45, 7) is 9.58. The SMILES string of the molecule is Cc1cccc(C)c1-c1ccc2c(c1)-c1ccccc1C1=NN(C(C)C)CN12. The molecule has 0 spiro atoms. The summed E-state index contributed by atoms with van der Waals surface area (Å²) in [6, 6.07) is 22.4. The molecule has 0 bridgehead atoms. The van der Waals surface area contributed by atoms with E-state index in [1.165, 1.54) is 44.6 Å². The molecule has 0 fully saturated rings. The van der Waals surface area contributed by atoms with Crippen molar-refractivity contribution in [3.63, 3.8) is 0 Å². The largest absolute Gasteiger partial charge is 0.304 e. The van der Waals surface area contributed by atoms with Crippen molar-refractivity contribution in [3.05, 3.63) is 77.4 Å². The van der Waals surface area contributed by atoms with E-state index in [1.54, 1.807) is 0 Å². The zero-order chi connectivity index (χ0) is 19.4. The summed E-state index contributed by atoms with van der Waals surface area (Å²) in [5.74, 6) is 1.07. The molecule has 3 heteroatoms. The molecule has 0 amide bonds. The molecule has 0 aromatic heterocycles. The van der Waals surface area contributed by atoms with Crippen LogP contribution in [-0.2, 0) is 0 Å². The van der Waals surface area contributed by atoms with Gasteiger partial charge in [0.25, 0.3) is 0 Å². The maximum absolute atomic E-state index is 4.93. The lowest BCUT2D eigenvalue weighted by Gasteiger charge is -2.30. The molecular formula is C25H25N3. The summed E-state index contributed by atoms with van der Waals surface area (Å²) in [4.78, 5) is 2.35. The first-order valence-electron chi connectivity index (χ1n) is 9.98. The van der Waals surface area contributed by atoms with E-state index in [0.29, 0.717) is 6.04 Å². The number of rotatable bonds is 2. The second-order valence-corrected chi connectivity index (χ2v) is 8.07. The number of anilines is 1. The van der Waals surface area contributed by atoms with Gasteiger partial charge in [-0.05, 0) is 67.6 Å². The van der Waals surface area contributed by atoms with Gasteiger partial charge in [-0.1, -0.05) is 48.5 Å². The molecule has 3 aromatic carbocycles. The van der Waals surface area contributed by atoms with Gasteiger partial charge in [0, 0.05) is 17.2 Å². The normalized spacial score (nSPS) is 14.7. The number of hydrogen-bond donors (Lipinski definition) is 0. The van der Waals surface area contributed by atoms with Gasteiger partial charge in [-0.2, -0.15) is 5.10 Å². The van der Waals surface area contributed by atoms with Crippen LogP contribution in [-0.4, -0.2) is 23.6 Å². The molecule has 2 heterocycles. The smallest absolute Gasteiger partial charge is 0.162 e. The lowest BCUT2D eigenvalue weighted by Crippen LogP contribution is -2.35.